The average molecular weight is 382 g/mol. The minimum absolute atomic E-state index is 0.225. The first-order valence-corrected chi connectivity index (χ1v) is 9.75. The Labute approximate surface area is 168 Å². The second kappa shape index (κ2) is 7.02. The zero-order chi connectivity index (χ0) is 20.7. The molecule has 1 aliphatic rings. The number of carbonyl (C=O) groups is 1. The Kier molecular flexibility index (Phi) is 5.15. The number of rotatable bonds is 5. The van der Waals surface area contributed by atoms with Gasteiger partial charge in [-0.3, -0.25) is 0 Å². The number of esters is 1. The van der Waals surface area contributed by atoms with E-state index in [1.807, 2.05) is 36.4 Å². The maximum atomic E-state index is 13.4. The summed E-state index contributed by atoms with van der Waals surface area (Å²) in [6.07, 6.45) is -0.307. The van der Waals surface area contributed by atoms with Crippen molar-refractivity contribution in [2.45, 2.75) is 45.4 Å². The van der Waals surface area contributed by atoms with Gasteiger partial charge in [0.25, 0.3) is 0 Å². The van der Waals surface area contributed by atoms with Crippen molar-refractivity contribution < 1.29 is 14.6 Å². The first-order valence-electron chi connectivity index (χ1n) is 9.75. The molecule has 0 atom stereocenters. The van der Waals surface area contributed by atoms with Crippen molar-refractivity contribution >= 4 is 5.97 Å². The molecule has 0 aromatic heterocycles. The van der Waals surface area contributed by atoms with E-state index >= 15 is 0 Å². The Morgan fingerprint density at radius 3 is 1.64 bits per heavy atom. The fraction of sp³-hybridized carbons (Fsp3) is 0.458. The van der Waals surface area contributed by atoms with Crippen LogP contribution < -0.4 is 0 Å². The van der Waals surface area contributed by atoms with Gasteiger partial charge in [0, 0.05) is 16.9 Å². The Hall–Kier alpha value is -2.17. The van der Waals surface area contributed by atoms with E-state index in [1.165, 1.54) is 0 Å². The lowest BCUT2D eigenvalue weighted by Gasteiger charge is -2.65. The van der Waals surface area contributed by atoms with Crippen molar-refractivity contribution in [3.05, 3.63) is 71.8 Å². The Morgan fingerprint density at radius 2 is 1.29 bits per heavy atom. The van der Waals surface area contributed by atoms with Gasteiger partial charge in [0.05, 0.1) is 0 Å². The molecule has 28 heavy (non-hydrogen) atoms. The second-order valence-corrected chi connectivity index (χ2v) is 9.24. The lowest BCUT2D eigenvalue weighted by Crippen LogP contribution is -2.73. The van der Waals surface area contributed by atoms with E-state index in [0.29, 0.717) is 11.1 Å². The predicted molar refractivity (Wildman–Crippen MR) is 111 cm³/mol. The molecular weight excluding hydrogens is 350 g/mol. The van der Waals surface area contributed by atoms with E-state index in [4.69, 9.17) is 4.74 Å². The molecule has 1 fully saturated rings. The van der Waals surface area contributed by atoms with Crippen LogP contribution in [0.4, 0.5) is 0 Å². The van der Waals surface area contributed by atoms with Gasteiger partial charge in [-0.1, -0.05) is 88.4 Å². The van der Waals surface area contributed by atoms with E-state index in [2.05, 4.69) is 46.7 Å². The normalized spacial score (nSPS) is 23.1. The summed E-state index contributed by atoms with van der Waals surface area (Å²) in [5.41, 5.74) is -1.29. The van der Waals surface area contributed by atoms with Crippen molar-refractivity contribution in [3.8, 4) is 0 Å². The summed E-state index contributed by atoms with van der Waals surface area (Å²) in [5.74, 6) is -0.631. The smallest absolute Gasteiger partial charge is 0.348 e. The Bertz CT molecular complexity index is 772. The monoisotopic (exact) mass is 381 g/mol. The summed E-state index contributed by atoms with van der Waals surface area (Å²) in [5, 5.41) is 11.6. The molecule has 1 N–H and O–H groups in total. The molecule has 0 bridgehead atoms. The van der Waals surface area contributed by atoms with Crippen LogP contribution in [0.1, 0.15) is 38.8 Å². The largest absolute Gasteiger partial charge is 0.458 e. The zero-order valence-corrected chi connectivity index (χ0v) is 17.6. The fourth-order valence-electron chi connectivity index (χ4n) is 5.70. The number of carbonyl (C=O) groups excluding carboxylic acids is 1. The highest BCUT2D eigenvalue weighted by Gasteiger charge is 2.65. The molecule has 2 aromatic rings. The molecule has 4 heteroatoms. The van der Waals surface area contributed by atoms with Crippen LogP contribution in [0.2, 0.25) is 0 Å². The van der Waals surface area contributed by atoms with E-state index in [9.17, 15) is 9.90 Å². The van der Waals surface area contributed by atoms with E-state index in [-0.39, 0.29) is 23.0 Å². The van der Waals surface area contributed by atoms with Gasteiger partial charge in [0.2, 0.25) is 5.60 Å². The topological polar surface area (TPSA) is 49.8 Å². The van der Waals surface area contributed by atoms with Gasteiger partial charge in [0.15, 0.2) is 0 Å². The first-order chi connectivity index (χ1) is 13.0. The van der Waals surface area contributed by atoms with Crippen molar-refractivity contribution in [1.29, 1.82) is 0 Å². The standard InChI is InChI=1S/C24H31NO3/c1-22(2)19(25(5)6)23(3,4)20(22)28-21(26)24(27,17-13-9-7-10-14-17)18-15-11-8-12-16-18/h7-16,19-20,27H,1-6H3. The molecule has 2 aromatic carbocycles. The highest BCUT2D eigenvalue weighted by Crippen LogP contribution is 2.57. The molecule has 0 heterocycles. The van der Waals surface area contributed by atoms with Crippen LogP contribution in [-0.4, -0.2) is 42.2 Å². The Morgan fingerprint density at radius 1 is 0.893 bits per heavy atom. The lowest BCUT2D eigenvalue weighted by molar-refractivity contribution is -0.242. The molecule has 0 saturated heterocycles. The number of ether oxygens (including phenoxy) is 1. The van der Waals surface area contributed by atoms with Crippen molar-refractivity contribution in [1.82, 2.24) is 4.90 Å². The van der Waals surface area contributed by atoms with Crippen LogP contribution in [0.3, 0.4) is 0 Å². The SMILES string of the molecule is CN(C)C1C(C)(C)C(OC(=O)C(O)(c2ccccc2)c2ccccc2)C1(C)C. The van der Waals surface area contributed by atoms with Gasteiger partial charge >= 0.3 is 5.97 Å². The third-order valence-corrected chi connectivity index (χ3v) is 6.18. The molecule has 0 spiro atoms. The summed E-state index contributed by atoms with van der Waals surface area (Å²) in [6.45, 7) is 8.46. The molecule has 0 unspecified atom stereocenters. The zero-order valence-electron chi connectivity index (χ0n) is 17.6. The molecule has 0 aliphatic heterocycles. The summed E-state index contributed by atoms with van der Waals surface area (Å²) < 4.78 is 6.06. The third-order valence-electron chi connectivity index (χ3n) is 6.18. The van der Waals surface area contributed by atoms with Crippen molar-refractivity contribution in [2.75, 3.05) is 14.1 Å². The van der Waals surface area contributed by atoms with Crippen LogP contribution >= 0.6 is 0 Å². The van der Waals surface area contributed by atoms with Gasteiger partial charge < -0.3 is 14.7 Å². The third kappa shape index (κ3) is 3.05. The number of aliphatic hydroxyl groups is 1. The van der Waals surface area contributed by atoms with E-state index in [0.717, 1.165) is 0 Å². The first kappa shape index (κ1) is 20.6. The summed E-state index contributed by atoms with van der Waals surface area (Å²) >= 11 is 0. The molecule has 3 rings (SSSR count). The number of benzene rings is 2. The summed E-state index contributed by atoms with van der Waals surface area (Å²) in [6, 6.07) is 18.3. The van der Waals surface area contributed by atoms with Gasteiger partial charge in [-0.2, -0.15) is 0 Å². The number of hydrogen-bond donors (Lipinski definition) is 1. The minimum atomic E-state index is -1.85. The maximum absolute atomic E-state index is 13.4. The van der Waals surface area contributed by atoms with Gasteiger partial charge in [-0.15, -0.1) is 0 Å². The molecule has 1 saturated carbocycles. The number of hydrogen-bond acceptors (Lipinski definition) is 4. The Balaban J connectivity index is 1.98. The minimum Gasteiger partial charge on any atom is -0.458 e. The van der Waals surface area contributed by atoms with E-state index in [1.54, 1.807) is 24.3 Å². The van der Waals surface area contributed by atoms with Crippen LogP contribution in [0.25, 0.3) is 0 Å². The quantitative estimate of drug-likeness (QED) is 0.800. The van der Waals surface area contributed by atoms with Crippen LogP contribution in [0, 0.1) is 10.8 Å². The van der Waals surface area contributed by atoms with Crippen LogP contribution in [0.15, 0.2) is 60.7 Å². The van der Waals surface area contributed by atoms with Gasteiger partial charge in [-0.05, 0) is 25.2 Å². The lowest BCUT2D eigenvalue weighted by atomic mass is 9.49. The van der Waals surface area contributed by atoms with Crippen molar-refractivity contribution in [3.63, 3.8) is 0 Å². The van der Waals surface area contributed by atoms with Crippen molar-refractivity contribution in [2.24, 2.45) is 10.8 Å². The fourth-order valence-corrected chi connectivity index (χ4v) is 5.70. The molecular formula is C24H31NO3. The number of nitrogens with zero attached hydrogens (tertiary/aromatic N) is 1. The van der Waals surface area contributed by atoms with Gasteiger partial charge in [-0.25, -0.2) is 4.79 Å². The summed E-state index contributed by atoms with van der Waals surface area (Å²) in [7, 11) is 4.10. The highest BCUT2D eigenvalue weighted by atomic mass is 16.6. The maximum Gasteiger partial charge on any atom is 0.348 e. The molecule has 0 radical (unpaired) electrons. The molecule has 150 valence electrons. The molecule has 1 aliphatic carbocycles. The van der Waals surface area contributed by atoms with Crippen LogP contribution in [0.5, 0.6) is 0 Å². The second-order valence-electron chi connectivity index (χ2n) is 9.24. The van der Waals surface area contributed by atoms with E-state index < -0.39 is 11.6 Å². The highest BCUT2D eigenvalue weighted by molar-refractivity contribution is 5.85. The average Bonchev–Trinajstić information content (AvgIpc) is 2.65. The predicted octanol–water partition coefficient (Wildman–Crippen LogP) is 3.83. The summed E-state index contributed by atoms with van der Waals surface area (Å²) in [4.78, 5) is 15.6. The molecule has 0 amide bonds. The van der Waals surface area contributed by atoms with Crippen LogP contribution in [-0.2, 0) is 15.1 Å². The molecule has 4 nitrogen and oxygen atoms in total. The van der Waals surface area contributed by atoms with Gasteiger partial charge in [0.1, 0.15) is 6.10 Å².